The Morgan fingerprint density at radius 2 is 0.961 bits per heavy atom. The predicted octanol–water partition coefficient (Wildman–Crippen LogP) is 9.22. The van der Waals surface area contributed by atoms with Crippen molar-refractivity contribution in [1.82, 2.24) is 42.0 Å². The van der Waals surface area contributed by atoms with Crippen LogP contribution < -0.4 is 53.2 Å². The van der Waals surface area contributed by atoms with Gasteiger partial charge in [-0.3, -0.25) is 69.0 Å². The summed E-state index contributed by atoms with van der Waals surface area (Å²) in [6.45, 7) is 3.74. The molecule has 0 spiro atoms. The molecule has 129 heavy (non-hydrogen) atoms. The first-order valence-corrected chi connectivity index (χ1v) is 46.2. The monoisotopic (exact) mass is 2190 g/mol. The molecule has 44 nitrogen and oxygen atoms in total. The number of β-amino-alcohol motifs (C(OH)–C–C–N with tert-alkyl or cyclic N) is 4. The van der Waals surface area contributed by atoms with E-state index in [-0.39, 0.29) is 74.1 Å². The van der Waals surface area contributed by atoms with Gasteiger partial charge in [0.05, 0.1) is 148 Å². The van der Waals surface area contributed by atoms with E-state index < -0.39 is 150 Å². The third kappa shape index (κ3) is 36.3. The van der Waals surface area contributed by atoms with Crippen molar-refractivity contribution in [2.75, 3.05) is 87.7 Å². The van der Waals surface area contributed by atoms with Gasteiger partial charge in [0.2, 0.25) is 11.8 Å². The number of carbonyl (C=O) groups excluding carboxylic acids is 4. The number of amidine groups is 1. The lowest BCUT2D eigenvalue weighted by Gasteiger charge is -2.31. The standard InChI is InChI=1S/2C20H21Cl2N5O6S.C9H10BrN3O3S.C6H13BN2O2S.C5H2BrNO4S.C5H3BrO2S.C5H3NO4S/c2*21-9-1-12(18(32)13(22)2-9)14(4-17(30)31)27-16(29)7-23-19(33)15-3-10(8-34-15)26-20-24-5-11(28)6-25-20;10-7-5(1-6(17-7)8(15)16)13-9-11-2-4(14)3-12-9;1-7(11)9-4-5(10)3-8-6(9)12-2;6-4-2(7(10)11)1-3(12-4)5(8)9;6-4-2-1-3(9-4)5(7)8;7-5(8)4-1-3(2-11-4)6(9)10/h2*1-3,8,11,14,28,32H,4-7H2,(H,23,33)(H,27,29)(H,30,31)(H2,24,25,26);1,4,14H,2-3H2,(H,15,16)(H2,11,12,13);5,10-11H,3-4H2,1-2H3;1H,(H,8,9);1-2H,(H,7,8);1-2H,(H,7,8)/t2*14-;;;;;/m00...../s1. The number of aliphatic hydroxyl groups excluding tert-OH is 4. The van der Waals surface area contributed by atoms with Crippen LogP contribution in [0.3, 0.4) is 0 Å². The number of carboxylic acids is 6. The number of nitrogens with zero attached hydrogens (tertiary/aromatic N) is 7. The third-order valence-corrected chi connectivity index (χ3v) is 25.7. The zero-order chi connectivity index (χ0) is 95.8. The summed E-state index contributed by atoms with van der Waals surface area (Å²) in [6.07, 6.45) is -1.19. The summed E-state index contributed by atoms with van der Waals surface area (Å²) in [5.74, 6) is -8.26. The molecule has 4 unspecified atom stereocenters. The van der Waals surface area contributed by atoms with E-state index in [1.54, 1.807) is 46.7 Å². The molecule has 4 aliphatic heterocycles. The van der Waals surface area contributed by atoms with E-state index in [1.165, 1.54) is 58.8 Å². The predicted molar refractivity (Wildman–Crippen MR) is 500 cm³/mol. The summed E-state index contributed by atoms with van der Waals surface area (Å²) in [5, 5.41) is 173. The minimum absolute atomic E-state index is 0.0169. The average molecular weight is 2200 g/mol. The highest BCUT2D eigenvalue weighted by Gasteiger charge is 2.30. The highest BCUT2D eigenvalue weighted by atomic mass is 79.9. The van der Waals surface area contributed by atoms with Gasteiger partial charge in [-0.2, -0.15) is 0 Å². The second-order valence-electron chi connectivity index (χ2n) is 25.7. The molecular weight excluding hydrogens is 2130 g/mol. The molecule has 10 heterocycles. The fourth-order valence-corrected chi connectivity index (χ4v) is 18.0. The lowest BCUT2D eigenvalue weighted by atomic mass is 9.85. The summed E-state index contributed by atoms with van der Waals surface area (Å²) in [6, 6.07) is 13.0. The van der Waals surface area contributed by atoms with Crippen molar-refractivity contribution in [3.63, 3.8) is 0 Å². The Morgan fingerprint density at radius 3 is 1.29 bits per heavy atom. The van der Waals surface area contributed by atoms with Crippen LogP contribution in [0.1, 0.15) is 94.1 Å². The number of aliphatic carboxylic acids is 2. The number of phenolic OH excluding ortho intramolecular Hbond substituents is 2. The molecule has 0 aliphatic carbocycles. The number of amides is 4. The second kappa shape index (κ2) is 52.6. The number of aromatic carboxylic acids is 4. The van der Waals surface area contributed by atoms with Crippen molar-refractivity contribution in [1.29, 1.82) is 0 Å². The largest absolute Gasteiger partial charge is 0.506 e. The van der Waals surface area contributed by atoms with Crippen molar-refractivity contribution < 1.29 is 124 Å². The topological polar surface area (TPSA) is 693 Å². The Balaban J connectivity index is 0.000000247. The van der Waals surface area contributed by atoms with Crippen LogP contribution in [-0.2, 0) is 19.2 Å². The van der Waals surface area contributed by atoms with Crippen LogP contribution in [0.2, 0.25) is 26.9 Å². The number of nitro groups is 2. The number of aromatic hydroxyl groups is 2. The molecule has 0 bridgehead atoms. The molecule has 0 fully saturated rings. The van der Waals surface area contributed by atoms with E-state index in [9.17, 15) is 114 Å². The van der Waals surface area contributed by atoms with E-state index in [4.69, 9.17) is 66.8 Å². The summed E-state index contributed by atoms with van der Waals surface area (Å²) in [5.41, 5.74) is 1.56. The number of phenols is 2. The highest BCUT2D eigenvalue weighted by Crippen LogP contribution is 2.39. The normalized spacial score (nSPS) is 15.6. The number of carboxylic acid groups (broad SMARTS) is 6. The zero-order valence-corrected chi connectivity index (χ0v) is 79.3. The molecule has 0 saturated heterocycles. The van der Waals surface area contributed by atoms with Crippen molar-refractivity contribution in [3.05, 3.63) is 175 Å². The lowest BCUT2D eigenvalue weighted by molar-refractivity contribution is -0.385. The van der Waals surface area contributed by atoms with Crippen LogP contribution in [0.15, 0.2) is 114 Å². The molecule has 59 heteroatoms. The van der Waals surface area contributed by atoms with Crippen LogP contribution >= 0.6 is 174 Å². The Bertz CT molecular complexity index is 5310. The number of halogens is 7. The van der Waals surface area contributed by atoms with Gasteiger partial charge in [0.1, 0.15) is 40.0 Å². The molecule has 23 N–H and O–H groups in total. The first-order valence-electron chi connectivity index (χ1n) is 36.0. The number of carbonyl (C=O) groups is 10. The van der Waals surface area contributed by atoms with E-state index in [1.807, 2.05) is 6.26 Å². The summed E-state index contributed by atoms with van der Waals surface area (Å²) in [7, 11) is -0.578. The zero-order valence-electron chi connectivity index (χ0n) is 65.8. The Morgan fingerprint density at radius 1 is 0.543 bits per heavy atom. The number of benzene rings is 2. The average Bonchev–Trinajstić information content (AvgIpc) is 1.70. The van der Waals surface area contributed by atoms with Gasteiger partial charge in [0.25, 0.3) is 23.2 Å². The number of aliphatic hydroxyl groups is 4. The molecule has 0 saturated carbocycles. The molecule has 12 rings (SSSR count). The molecule has 6 aromatic heterocycles. The SMILES string of the molecule is CSC1=NCC(O)CN1B(C)O.O=C(O)C[C@H](NC(=O)CNC(=O)c1cc(NC2=NCC(O)CN2)cs1)c1cc(Cl)cc(Cl)c1O.O=C(O)C[C@H](NC(=O)CNC(=O)c1cc(NC2=NCC(O)CN2)cs1)c1cc(Cl)cc(Cl)c1O.O=C(O)c1cc(NC2=NCC(O)CN2)c(Br)s1.O=C(O)c1cc([N+](=O)[O-])c(Br)s1.O=C(O)c1cc([N+](=O)[O-])cs1.O=C(O)c1ccc(Br)s1. The van der Waals surface area contributed by atoms with E-state index in [0.29, 0.717) is 92.6 Å². The number of rotatable bonds is 24. The maximum atomic E-state index is 12.4. The quantitative estimate of drug-likeness (QED) is 0.0152. The molecular formula is C70H73BBr3Cl4N17O27S7. The van der Waals surface area contributed by atoms with Crippen LogP contribution in [-0.4, -0.2) is 267 Å². The number of hydrogen-bond acceptors (Lipinski definition) is 39. The van der Waals surface area contributed by atoms with Crippen LogP contribution in [0.4, 0.5) is 28.4 Å². The fraction of sp³-hybridized carbons (Fsp3) is 0.286. The number of thioether (sulfide) groups is 1. The minimum atomic E-state index is -1.23. The van der Waals surface area contributed by atoms with Gasteiger partial charge in [-0.15, -0.1) is 68.0 Å². The van der Waals surface area contributed by atoms with Crippen molar-refractivity contribution in [3.8, 4) is 11.5 Å². The molecule has 8 aromatic rings. The Kier molecular flexibility index (Phi) is 43.9. The first kappa shape index (κ1) is 108. The summed E-state index contributed by atoms with van der Waals surface area (Å²) >= 11 is 40.8. The van der Waals surface area contributed by atoms with Gasteiger partial charge in [-0.25, -0.2) is 19.2 Å². The van der Waals surface area contributed by atoms with Gasteiger partial charge in [-0.1, -0.05) is 58.2 Å². The van der Waals surface area contributed by atoms with Crippen molar-refractivity contribution in [2.45, 2.75) is 56.2 Å². The third-order valence-electron chi connectivity index (χ3n) is 15.9. The van der Waals surface area contributed by atoms with Gasteiger partial charge in [-0.05, 0) is 115 Å². The maximum absolute atomic E-state index is 12.4. The number of nitrogens with one attached hydrogen (secondary N) is 10. The second-order valence-corrected chi connectivity index (χ2v) is 38.1. The summed E-state index contributed by atoms with van der Waals surface area (Å²) in [4.78, 5) is 152. The smallest absolute Gasteiger partial charge is 0.411 e. The van der Waals surface area contributed by atoms with Gasteiger partial charge in [0.15, 0.2) is 17.9 Å². The molecule has 694 valence electrons. The van der Waals surface area contributed by atoms with Crippen LogP contribution in [0, 0.1) is 20.2 Å². The molecule has 4 amide bonds. The highest BCUT2D eigenvalue weighted by molar-refractivity contribution is 9.11. The van der Waals surface area contributed by atoms with E-state index in [0.717, 1.165) is 77.8 Å². The van der Waals surface area contributed by atoms with Crippen LogP contribution in [0.5, 0.6) is 11.5 Å². The number of anilines is 3. The lowest BCUT2D eigenvalue weighted by Crippen LogP contribution is -2.48. The fourth-order valence-electron chi connectivity index (χ4n) is 10.0. The molecule has 6 atom stereocenters. The van der Waals surface area contributed by atoms with Crippen molar-refractivity contribution >= 4 is 292 Å². The Labute approximate surface area is 801 Å². The van der Waals surface area contributed by atoms with E-state index >= 15 is 0 Å². The molecule has 4 aliphatic rings. The number of aliphatic imine (C=N–C) groups is 4. The number of hydrogen-bond donors (Lipinski definition) is 23. The Hall–Kier alpha value is -10.2. The number of thiophene rings is 6. The maximum Gasteiger partial charge on any atom is 0.411 e. The minimum Gasteiger partial charge on any atom is -0.506 e. The van der Waals surface area contributed by atoms with E-state index in [2.05, 4.69) is 121 Å². The van der Waals surface area contributed by atoms with Crippen molar-refractivity contribution in [2.24, 2.45) is 20.0 Å². The van der Waals surface area contributed by atoms with Gasteiger partial charge < -0.3 is 124 Å². The summed E-state index contributed by atoms with van der Waals surface area (Å²) < 4.78 is 1.77. The molecule has 0 radical (unpaired) electrons. The first-order chi connectivity index (χ1) is 60.8. The number of guanidine groups is 3. The van der Waals surface area contributed by atoms with Gasteiger partial charge >= 0.3 is 42.9 Å². The van der Waals surface area contributed by atoms with Crippen LogP contribution in [0.25, 0.3) is 0 Å². The van der Waals surface area contributed by atoms with Gasteiger partial charge in [0, 0.05) is 70.2 Å². The molecule has 2 aromatic carbocycles.